The summed E-state index contributed by atoms with van der Waals surface area (Å²) in [5.74, 6) is 0. The van der Waals surface area contributed by atoms with E-state index in [1.165, 1.54) is 0 Å². The molecule has 0 amide bonds. The first kappa shape index (κ1) is 14.8. The van der Waals surface area contributed by atoms with Gasteiger partial charge >= 0.3 is 10.2 Å². The van der Waals surface area contributed by atoms with Gasteiger partial charge in [0.05, 0.1) is 5.69 Å². The number of rotatable bonds is 3. The predicted molar refractivity (Wildman–Crippen MR) is 84.4 cm³/mol. The molecule has 1 aromatic carbocycles. The third-order valence-electron chi connectivity index (χ3n) is 4.40. The van der Waals surface area contributed by atoms with Gasteiger partial charge in [0.15, 0.2) is 0 Å². The second kappa shape index (κ2) is 5.59. The van der Waals surface area contributed by atoms with E-state index in [2.05, 4.69) is 0 Å². The molecule has 1 aromatic rings. The van der Waals surface area contributed by atoms with Gasteiger partial charge in [0.2, 0.25) is 0 Å². The van der Waals surface area contributed by atoms with Crippen LogP contribution in [-0.4, -0.2) is 32.4 Å². The van der Waals surface area contributed by atoms with Crippen molar-refractivity contribution >= 4 is 15.9 Å². The van der Waals surface area contributed by atoms with Crippen LogP contribution in [0.15, 0.2) is 18.2 Å². The van der Waals surface area contributed by atoms with Crippen LogP contribution in [-0.2, 0) is 16.6 Å². The van der Waals surface area contributed by atoms with Gasteiger partial charge in [-0.15, -0.1) is 0 Å². The van der Waals surface area contributed by atoms with Gasteiger partial charge in [-0.25, -0.2) is 0 Å². The number of hydrogen-bond donors (Lipinski definition) is 1. The van der Waals surface area contributed by atoms with Crippen molar-refractivity contribution in [1.29, 1.82) is 0 Å². The van der Waals surface area contributed by atoms with Gasteiger partial charge in [0.25, 0.3) is 0 Å². The molecule has 6 heteroatoms. The van der Waals surface area contributed by atoms with Gasteiger partial charge in [-0.1, -0.05) is 18.6 Å². The Labute approximate surface area is 126 Å². The molecule has 116 valence electrons. The second-order valence-corrected chi connectivity index (χ2v) is 7.82. The molecule has 21 heavy (non-hydrogen) atoms. The van der Waals surface area contributed by atoms with Gasteiger partial charge in [0, 0.05) is 25.7 Å². The molecular formula is C15H23N3O2S. The van der Waals surface area contributed by atoms with Crippen molar-refractivity contribution in [3.63, 3.8) is 0 Å². The Morgan fingerprint density at radius 3 is 2.52 bits per heavy atom. The molecule has 2 aliphatic rings. The van der Waals surface area contributed by atoms with E-state index in [9.17, 15) is 8.42 Å². The van der Waals surface area contributed by atoms with Crippen LogP contribution in [0.1, 0.15) is 43.4 Å². The third-order valence-corrected chi connectivity index (χ3v) is 6.36. The Hall–Kier alpha value is -1.11. The van der Waals surface area contributed by atoms with Crippen molar-refractivity contribution in [2.45, 2.75) is 38.6 Å². The fourth-order valence-electron chi connectivity index (χ4n) is 3.15. The van der Waals surface area contributed by atoms with E-state index < -0.39 is 10.2 Å². The van der Waals surface area contributed by atoms with Crippen LogP contribution in [0.25, 0.3) is 0 Å². The van der Waals surface area contributed by atoms with Crippen LogP contribution >= 0.6 is 0 Å². The molecule has 0 radical (unpaired) electrons. The summed E-state index contributed by atoms with van der Waals surface area (Å²) >= 11 is 0. The molecule has 1 atom stereocenters. The lowest BCUT2D eigenvalue weighted by molar-refractivity contribution is 0.345. The van der Waals surface area contributed by atoms with Gasteiger partial charge in [0.1, 0.15) is 0 Å². The molecule has 0 aromatic heterocycles. The monoisotopic (exact) mass is 309 g/mol. The number of piperidine rings is 1. The molecule has 0 aliphatic carbocycles. The van der Waals surface area contributed by atoms with Crippen LogP contribution < -0.4 is 10.0 Å². The fraction of sp³-hybridized carbons (Fsp3) is 0.600. The molecule has 2 aliphatic heterocycles. The van der Waals surface area contributed by atoms with E-state index in [-0.39, 0.29) is 6.04 Å². The Morgan fingerprint density at radius 2 is 1.86 bits per heavy atom. The highest BCUT2D eigenvalue weighted by atomic mass is 32.2. The van der Waals surface area contributed by atoms with Gasteiger partial charge in [-0.3, -0.25) is 4.31 Å². The predicted octanol–water partition coefficient (Wildman–Crippen LogP) is 1.80. The van der Waals surface area contributed by atoms with Gasteiger partial charge in [-0.2, -0.15) is 12.7 Å². The maximum absolute atomic E-state index is 12.8. The van der Waals surface area contributed by atoms with Crippen molar-refractivity contribution in [3.8, 4) is 0 Å². The van der Waals surface area contributed by atoms with Crippen molar-refractivity contribution in [1.82, 2.24) is 4.31 Å². The number of nitrogens with zero attached hydrogens (tertiary/aromatic N) is 2. The SMILES string of the molecule is CC(N)c1ccc2c(c1)CCN2S(=O)(=O)N1CCCCC1. The summed E-state index contributed by atoms with van der Waals surface area (Å²) < 4.78 is 28.8. The van der Waals surface area contributed by atoms with Crippen LogP contribution in [0.3, 0.4) is 0 Å². The first-order valence-electron chi connectivity index (χ1n) is 7.66. The zero-order valence-corrected chi connectivity index (χ0v) is 13.3. The number of fused-ring (bicyclic) bond motifs is 1. The van der Waals surface area contributed by atoms with E-state index in [4.69, 9.17) is 5.73 Å². The highest BCUT2D eigenvalue weighted by Gasteiger charge is 2.34. The minimum absolute atomic E-state index is 0.0250. The Bertz CT molecular complexity index is 622. The van der Waals surface area contributed by atoms with Gasteiger partial charge in [-0.05, 0) is 43.4 Å². The summed E-state index contributed by atoms with van der Waals surface area (Å²) in [6, 6.07) is 5.87. The van der Waals surface area contributed by atoms with E-state index in [0.29, 0.717) is 19.6 Å². The van der Waals surface area contributed by atoms with E-state index in [1.54, 1.807) is 8.61 Å². The Morgan fingerprint density at radius 1 is 1.14 bits per heavy atom. The van der Waals surface area contributed by atoms with Crippen LogP contribution in [0, 0.1) is 0 Å². The summed E-state index contributed by atoms with van der Waals surface area (Å²) in [4.78, 5) is 0. The fourth-order valence-corrected chi connectivity index (χ4v) is 4.90. The molecule has 1 fully saturated rings. The van der Waals surface area contributed by atoms with Gasteiger partial charge < -0.3 is 5.73 Å². The minimum atomic E-state index is -3.37. The van der Waals surface area contributed by atoms with Crippen LogP contribution in [0.2, 0.25) is 0 Å². The number of hydrogen-bond acceptors (Lipinski definition) is 3. The molecule has 1 unspecified atom stereocenters. The zero-order valence-electron chi connectivity index (χ0n) is 12.5. The van der Waals surface area contributed by atoms with E-state index in [0.717, 1.165) is 42.5 Å². The summed E-state index contributed by atoms with van der Waals surface area (Å²) in [5, 5.41) is 0. The van der Waals surface area contributed by atoms with E-state index >= 15 is 0 Å². The molecule has 0 bridgehead atoms. The average Bonchev–Trinajstić information content (AvgIpc) is 2.91. The highest BCUT2D eigenvalue weighted by molar-refractivity contribution is 7.90. The Balaban J connectivity index is 1.89. The first-order valence-corrected chi connectivity index (χ1v) is 9.06. The summed E-state index contributed by atoms with van der Waals surface area (Å²) in [5.41, 5.74) is 8.88. The maximum atomic E-state index is 12.8. The summed E-state index contributed by atoms with van der Waals surface area (Å²) in [6.45, 7) is 3.77. The molecular weight excluding hydrogens is 286 g/mol. The minimum Gasteiger partial charge on any atom is -0.324 e. The maximum Gasteiger partial charge on any atom is 0.304 e. The highest BCUT2D eigenvalue weighted by Crippen LogP contribution is 2.33. The lowest BCUT2D eigenvalue weighted by Crippen LogP contribution is -2.45. The Kier molecular flexibility index (Phi) is 3.94. The molecule has 0 spiro atoms. The quantitative estimate of drug-likeness (QED) is 0.926. The zero-order chi connectivity index (χ0) is 15.0. The topological polar surface area (TPSA) is 66.6 Å². The number of benzene rings is 1. The van der Waals surface area contributed by atoms with E-state index in [1.807, 2.05) is 25.1 Å². The van der Waals surface area contributed by atoms with Crippen molar-refractivity contribution in [2.75, 3.05) is 23.9 Å². The molecule has 5 nitrogen and oxygen atoms in total. The van der Waals surface area contributed by atoms with Crippen molar-refractivity contribution < 1.29 is 8.42 Å². The third kappa shape index (κ3) is 2.67. The van der Waals surface area contributed by atoms with Crippen LogP contribution in [0.5, 0.6) is 0 Å². The lowest BCUT2D eigenvalue weighted by Gasteiger charge is -2.31. The second-order valence-electron chi connectivity index (χ2n) is 5.97. The molecule has 3 rings (SSSR count). The molecule has 2 heterocycles. The molecule has 2 N–H and O–H groups in total. The largest absolute Gasteiger partial charge is 0.324 e. The number of nitrogens with two attached hydrogens (primary N) is 1. The van der Waals surface area contributed by atoms with Crippen molar-refractivity contribution in [2.24, 2.45) is 5.73 Å². The molecule has 0 saturated carbocycles. The molecule has 1 saturated heterocycles. The summed E-state index contributed by atoms with van der Waals surface area (Å²) in [6.07, 6.45) is 3.82. The smallest absolute Gasteiger partial charge is 0.304 e. The first-order chi connectivity index (χ1) is 10.00. The normalized spacial score (nSPS) is 21.3. The summed E-state index contributed by atoms with van der Waals surface area (Å²) in [7, 11) is -3.37. The average molecular weight is 309 g/mol. The number of anilines is 1. The lowest BCUT2D eigenvalue weighted by atomic mass is 10.0. The standard InChI is InChI=1S/C15H23N3O2S/c1-12(16)13-5-6-15-14(11-13)7-10-18(15)21(19,20)17-8-3-2-4-9-17/h5-6,11-12H,2-4,7-10,16H2,1H3. The van der Waals surface area contributed by atoms with Crippen LogP contribution in [0.4, 0.5) is 5.69 Å². The van der Waals surface area contributed by atoms with Crippen molar-refractivity contribution in [3.05, 3.63) is 29.3 Å².